The van der Waals surface area contributed by atoms with Crippen molar-refractivity contribution in [1.82, 2.24) is 5.32 Å². The lowest BCUT2D eigenvalue weighted by molar-refractivity contribution is -0.115. The van der Waals surface area contributed by atoms with Crippen molar-refractivity contribution in [2.45, 2.75) is 26.3 Å². The molecule has 1 heterocycles. The molecular weight excluding hydrogens is 304 g/mol. The minimum Gasteiger partial charge on any atom is -0.324 e. The maximum Gasteiger partial charge on any atom is 0.238 e. The molecule has 3 nitrogen and oxygen atoms in total. The normalized spacial score (nSPS) is 12.1. The van der Waals surface area contributed by atoms with Crippen LogP contribution in [0.2, 0.25) is 5.02 Å². The van der Waals surface area contributed by atoms with Crippen LogP contribution in [0.5, 0.6) is 0 Å². The zero-order valence-corrected chi connectivity index (χ0v) is 13.7. The van der Waals surface area contributed by atoms with Gasteiger partial charge in [-0.2, -0.15) is 0 Å². The van der Waals surface area contributed by atoms with Gasteiger partial charge in [0.15, 0.2) is 0 Å². The Labute approximate surface area is 134 Å². The number of hydrogen-bond donors (Lipinski definition) is 2. The number of para-hydroxylation sites is 1. The minimum absolute atomic E-state index is 0.0858. The van der Waals surface area contributed by atoms with Gasteiger partial charge in [-0.15, -0.1) is 11.3 Å². The van der Waals surface area contributed by atoms with Gasteiger partial charge in [0.05, 0.1) is 17.3 Å². The molecule has 0 saturated carbocycles. The van der Waals surface area contributed by atoms with E-state index in [1.807, 2.05) is 12.1 Å². The second-order valence-corrected chi connectivity index (χ2v) is 6.81. The lowest BCUT2D eigenvalue weighted by Gasteiger charge is -2.13. The van der Waals surface area contributed by atoms with Crippen LogP contribution in [0, 0.1) is 6.92 Å². The Morgan fingerprint density at radius 2 is 2.05 bits per heavy atom. The van der Waals surface area contributed by atoms with Crippen LogP contribution in [-0.4, -0.2) is 18.5 Å². The van der Waals surface area contributed by atoms with Crippen molar-refractivity contribution in [2.75, 3.05) is 11.9 Å². The van der Waals surface area contributed by atoms with Crippen molar-refractivity contribution in [3.63, 3.8) is 0 Å². The van der Waals surface area contributed by atoms with Gasteiger partial charge in [-0.3, -0.25) is 4.79 Å². The van der Waals surface area contributed by atoms with Crippen LogP contribution in [0.1, 0.15) is 16.7 Å². The number of carbonyl (C=O) groups is 1. The first-order valence-corrected chi connectivity index (χ1v) is 8.07. The van der Waals surface area contributed by atoms with Gasteiger partial charge in [-0.05, 0) is 44.5 Å². The van der Waals surface area contributed by atoms with Crippen LogP contribution in [0.15, 0.2) is 36.4 Å². The number of nitrogens with one attached hydrogen (secondary N) is 2. The zero-order valence-electron chi connectivity index (χ0n) is 12.2. The van der Waals surface area contributed by atoms with E-state index >= 15 is 0 Å². The van der Waals surface area contributed by atoms with Gasteiger partial charge < -0.3 is 10.6 Å². The summed E-state index contributed by atoms with van der Waals surface area (Å²) in [5.41, 5.74) is 0.646. The molecule has 2 N–H and O–H groups in total. The fourth-order valence-electron chi connectivity index (χ4n) is 1.99. The Hall–Kier alpha value is -1.36. The number of hydrogen-bond acceptors (Lipinski definition) is 3. The van der Waals surface area contributed by atoms with Crippen LogP contribution in [0.25, 0.3) is 0 Å². The van der Waals surface area contributed by atoms with E-state index in [0.717, 1.165) is 6.42 Å². The molecule has 1 atom stereocenters. The molecule has 0 aliphatic rings. The third-order valence-electron chi connectivity index (χ3n) is 3.06. The summed E-state index contributed by atoms with van der Waals surface area (Å²) in [5, 5.41) is 6.58. The summed E-state index contributed by atoms with van der Waals surface area (Å²) in [6.45, 7) is 4.46. The van der Waals surface area contributed by atoms with E-state index in [0.29, 0.717) is 10.7 Å². The number of amides is 1. The molecule has 0 bridgehead atoms. The van der Waals surface area contributed by atoms with Gasteiger partial charge in [-0.1, -0.05) is 23.7 Å². The summed E-state index contributed by atoms with van der Waals surface area (Å²) in [4.78, 5) is 14.5. The molecule has 0 radical (unpaired) electrons. The molecule has 21 heavy (non-hydrogen) atoms. The van der Waals surface area contributed by atoms with Gasteiger partial charge in [0.25, 0.3) is 0 Å². The quantitative estimate of drug-likeness (QED) is 0.847. The molecule has 5 heteroatoms. The highest BCUT2D eigenvalue weighted by Gasteiger charge is 2.09. The number of rotatable bonds is 6. The van der Waals surface area contributed by atoms with E-state index in [1.54, 1.807) is 23.5 Å². The van der Waals surface area contributed by atoms with Gasteiger partial charge in [0.1, 0.15) is 0 Å². The summed E-state index contributed by atoms with van der Waals surface area (Å²) >= 11 is 7.80. The lowest BCUT2D eigenvalue weighted by atomic mass is 10.2. The van der Waals surface area contributed by atoms with E-state index in [9.17, 15) is 4.79 Å². The Kier molecular flexibility index (Phi) is 5.79. The first kappa shape index (κ1) is 16.0. The summed E-state index contributed by atoms with van der Waals surface area (Å²) in [6, 6.07) is 11.7. The van der Waals surface area contributed by atoms with E-state index in [4.69, 9.17) is 11.6 Å². The number of aryl methyl sites for hydroxylation is 1. The fourth-order valence-corrected chi connectivity index (χ4v) is 3.19. The summed E-state index contributed by atoms with van der Waals surface area (Å²) in [7, 11) is 0. The SMILES string of the molecule is Cc1ccc(CC(C)NCC(=O)Nc2ccccc2Cl)s1. The van der Waals surface area contributed by atoms with Crippen LogP contribution in [0.4, 0.5) is 5.69 Å². The Morgan fingerprint density at radius 3 is 2.71 bits per heavy atom. The van der Waals surface area contributed by atoms with Gasteiger partial charge in [-0.25, -0.2) is 0 Å². The van der Waals surface area contributed by atoms with E-state index in [2.05, 4.69) is 36.6 Å². The average Bonchev–Trinajstić information content (AvgIpc) is 2.84. The van der Waals surface area contributed by atoms with Crippen molar-refractivity contribution < 1.29 is 4.79 Å². The van der Waals surface area contributed by atoms with Crippen molar-refractivity contribution in [2.24, 2.45) is 0 Å². The van der Waals surface area contributed by atoms with Crippen molar-refractivity contribution in [3.8, 4) is 0 Å². The highest BCUT2D eigenvalue weighted by atomic mass is 35.5. The standard InChI is InChI=1S/C16H19ClN2OS/c1-11(9-13-8-7-12(2)21-13)18-10-16(20)19-15-6-4-3-5-14(15)17/h3-8,11,18H,9-10H2,1-2H3,(H,19,20). The third kappa shape index (κ3) is 5.16. The van der Waals surface area contributed by atoms with E-state index < -0.39 is 0 Å². The predicted molar refractivity (Wildman–Crippen MR) is 90.3 cm³/mol. The molecule has 1 unspecified atom stereocenters. The Morgan fingerprint density at radius 1 is 1.29 bits per heavy atom. The highest BCUT2D eigenvalue weighted by Crippen LogP contribution is 2.20. The topological polar surface area (TPSA) is 41.1 Å². The van der Waals surface area contributed by atoms with Gasteiger partial charge in [0, 0.05) is 15.8 Å². The molecule has 1 aromatic carbocycles. The Bertz CT molecular complexity index is 612. The Balaban J connectivity index is 1.77. The maximum atomic E-state index is 11.9. The lowest BCUT2D eigenvalue weighted by Crippen LogP contribution is -2.35. The zero-order chi connectivity index (χ0) is 15.2. The largest absolute Gasteiger partial charge is 0.324 e. The van der Waals surface area contributed by atoms with Crippen LogP contribution < -0.4 is 10.6 Å². The highest BCUT2D eigenvalue weighted by molar-refractivity contribution is 7.11. The molecule has 1 amide bonds. The summed E-state index contributed by atoms with van der Waals surface area (Å²) in [5.74, 6) is -0.0858. The van der Waals surface area contributed by atoms with Gasteiger partial charge >= 0.3 is 0 Å². The van der Waals surface area contributed by atoms with E-state index in [-0.39, 0.29) is 18.5 Å². The minimum atomic E-state index is -0.0858. The van der Waals surface area contributed by atoms with Crippen molar-refractivity contribution >= 4 is 34.5 Å². The maximum absolute atomic E-state index is 11.9. The second kappa shape index (κ2) is 7.59. The third-order valence-corrected chi connectivity index (χ3v) is 4.41. The van der Waals surface area contributed by atoms with Crippen LogP contribution in [0.3, 0.4) is 0 Å². The van der Waals surface area contributed by atoms with Crippen LogP contribution in [-0.2, 0) is 11.2 Å². The smallest absolute Gasteiger partial charge is 0.238 e. The summed E-state index contributed by atoms with van der Waals surface area (Å²) in [6.07, 6.45) is 0.928. The molecule has 1 aromatic heterocycles. The number of thiophene rings is 1. The summed E-state index contributed by atoms with van der Waals surface area (Å²) < 4.78 is 0. The van der Waals surface area contributed by atoms with Gasteiger partial charge in [0.2, 0.25) is 5.91 Å². The number of carbonyl (C=O) groups excluding carboxylic acids is 1. The average molecular weight is 323 g/mol. The second-order valence-electron chi connectivity index (χ2n) is 5.03. The molecule has 112 valence electrons. The fraction of sp³-hybridized carbons (Fsp3) is 0.312. The van der Waals surface area contributed by atoms with Crippen molar-refractivity contribution in [1.29, 1.82) is 0 Å². The predicted octanol–water partition coefficient (Wildman–Crippen LogP) is 3.87. The molecule has 0 spiro atoms. The molecule has 2 rings (SSSR count). The number of halogens is 1. The van der Waals surface area contributed by atoms with E-state index in [1.165, 1.54) is 9.75 Å². The molecule has 0 aliphatic carbocycles. The first-order chi connectivity index (χ1) is 10.0. The van der Waals surface area contributed by atoms with Crippen molar-refractivity contribution in [3.05, 3.63) is 51.2 Å². The monoisotopic (exact) mass is 322 g/mol. The van der Waals surface area contributed by atoms with Crippen LogP contribution >= 0.6 is 22.9 Å². The molecule has 0 saturated heterocycles. The first-order valence-electron chi connectivity index (χ1n) is 6.87. The molecule has 0 fully saturated rings. The number of anilines is 1. The molecular formula is C16H19ClN2OS. The number of benzene rings is 1. The molecule has 0 aliphatic heterocycles. The molecule has 2 aromatic rings.